The second-order valence-corrected chi connectivity index (χ2v) is 3.17. The predicted octanol–water partition coefficient (Wildman–Crippen LogP) is 1.70. The van der Waals surface area contributed by atoms with Crippen molar-refractivity contribution in [2.45, 2.75) is 26.3 Å². The molecule has 0 atom stereocenters. The maximum absolute atomic E-state index is 10.3. The third-order valence-electron chi connectivity index (χ3n) is 1.76. The molecular formula is C9H13NO2. The van der Waals surface area contributed by atoms with Crippen LogP contribution in [-0.4, -0.2) is 15.6 Å². The maximum Gasteiger partial charge on any atom is 0.323 e. The highest BCUT2D eigenvalue weighted by Crippen LogP contribution is 2.13. The van der Waals surface area contributed by atoms with E-state index in [1.165, 1.54) is 5.56 Å². The van der Waals surface area contributed by atoms with Crippen molar-refractivity contribution in [2.75, 3.05) is 0 Å². The first-order valence-corrected chi connectivity index (χ1v) is 3.97. The fourth-order valence-corrected chi connectivity index (χ4v) is 1.06. The number of aliphatic carboxylic acids is 1. The fraction of sp³-hybridized carbons (Fsp3) is 0.444. The molecule has 66 valence electrons. The van der Waals surface area contributed by atoms with Crippen LogP contribution >= 0.6 is 0 Å². The third kappa shape index (κ3) is 2.12. The van der Waals surface area contributed by atoms with Crippen LogP contribution < -0.4 is 0 Å². The van der Waals surface area contributed by atoms with Crippen molar-refractivity contribution >= 4 is 5.97 Å². The zero-order valence-corrected chi connectivity index (χ0v) is 7.32. The lowest BCUT2D eigenvalue weighted by atomic mass is 10.1. The molecule has 1 aromatic rings. The average Bonchev–Trinajstić information content (AvgIpc) is 2.34. The molecule has 1 rings (SSSR count). The smallest absolute Gasteiger partial charge is 0.323 e. The second kappa shape index (κ2) is 3.43. The van der Waals surface area contributed by atoms with Crippen LogP contribution in [0.25, 0.3) is 0 Å². The molecule has 0 unspecified atom stereocenters. The van der Waals surface area contributed by atoms with Crippen molar-refractivity contribution in [2.24, 2.45) is 0 Å². The summed E-state index contributed by atoms with van der Waals surface area (Å²) in [6, 6.07) is 1.95. The summed E-state index contributed by atoms with van der Waals surface area (Å²) in [7, 11) is 0. The first-order chi connectivity index (χ1) is 5.59. The molecule has 12 heavy (non-hydrogen) atoms. The van der Waals surface area contributed by atoms with Crippen molar-refractivity contribution in [3.63, 3.8) is 0 Å². The minimum absolute atomic E-state index is 0.0483. The quantitative estimate of drug-likeness (QED) is 0.744. The van der Waals surface area contributed by atoms with E-state index >= 15 is 0 Å². The maximum atomic E-state index is 10.3. The van der Waals surface area contributed by atoms with Crippen LogP contribution in [0.15, 0.2) is 18.5 Å². The monoisotopic (exact) mass is 167 g/mol. The van der Waals surface area contributed by atoms with E-state index in [9.17, 15) is 4.79 Å². The Morgan fingerprint density at radius 1 is 1.67 bits per heavy atom. The lowest BCUT2D eigenvalue weighted by molar-refractivity contribution is -0.137. The number of rotatable bonds is 3. The van der Waals surface area contributed by atoms with Crippen LogP contribution in [0, 0.1) is 0 Å². The average molecular weight is 167 g/mol. The van der Waals surface area contributed by atoms with E-state index in [1.807, 2.05) is 12.3 Å². The topological polar surface area (TPSA) is 42.2 Å². The van der Waals surface area contributed by atoms with Crippen LogP contribution in [0.2, 0.25) is 0 Å². The number of nitrogens with zero attached hydrogens (tertiary/aromatic N) is 1. The Morgan fingerprint density at radius 2 is 2.33 bits per heavy atom. The molecule has 0 saturated heterocycles. The summed E-state index contributed by atoms with van der Waals surface area (Å²) in [5, 5.41) is 8.49. The summed E-state index contributed by atoms with van der Waals surface area (Å²) >= 11 is 0. The van der Waals surface area contributed by atoms with Crippen LogP contribution in [-0.2, 0) is 11.3 Å². The van der Waals surface area contributed by atoms with Gasteiger partial charge in [0.25, 0.3) is 0 Å². The molecule has 0 aromatic carbocycles. The van der Waals surface area contributed by atoms with Crippen LogP contribution in [0.4, 0.5) is 0 Å². The summed E-state index contributed by atoms with van der Waals surface area (Å²) in [6.45, 7) is 4.22. The Hall–Kier alpha value is -1.25. The fourth-order valence-electron chi connectivity index (χ4n) is 1.06. The largest absolute Gasteiger partial charge is 0.480 e. The van der Waals surface area contributed by atoms with Gasteiger partial charge in [-0.05, 0) is 17.5 Å². The van der Waals surface area contributed by atoms with Gasteiger partial charge in [-0.15, -0.1) is 0 Å². The number of hydrogen-bond acceptors (Lipinski definition) is 1. The standard InChI is InChI=1S/C9H13NO2/c1-7(2)8-3-4-10(5-8)6-9(11)12/h3-5,7H,6H2,1-2H3,(H,11,12). The van der Waals surface area contributed by atoms with Crippen molar-refractivity contribution in [3.05, 3.63) is 24.0 Å². The summed E-state index contributed by atoms with van der Waals surface area (Å²) < 4.78 is 1.68. The first-order valence-electron chi connectivity index (χ1n) is 3.97. The normalized spacial score (nSPS) is 10.6. The molecule has 0 radical (unpaired) electrons. The number of carboxylic acid groups (broad SMARTS) is 1. The lowest BCUT2D eigenvalue weighted by Gasteiger charge is -1.99. The van der Waals surface area contributed by atoms with Gasteiger partial charge in [-0.1, -0.05) is 13.8 Å². The summed E-state index contributed by atoms with van der Waals surface area (Å²) in [6.07, 6.45) is 3.67. The van der Waals surface area contributed by atoms with Gasteiger partial charge in [0.05, 0.1) is 0 Å². The van der Waals surface area contributed by atoms with Gasteiger partial charge in [-0.2, -0.15) is 0 Å². The van der Waals surface area contributed by atoms with Gasteiger partial charge in [-0.25, -0.2) is 0 Å². The van der Waals surface area contributed by atoms with Gasteiger partial charge in [-0.3, -0.25) is 4.79 Å². The van der Waals surface area contributed by atoms with E-state index < -0.39 is 5.97 Å². The summed E-state index contributed by atoms with van der Waals surface area (Å²) in [5.74, 6) is -0.346. The highest BCUT2D eigenvalue weighted by atomic mass is 16.4. The van der Waals surface area contributed by atoms with Crippen LogP contribution in [0.3, 0.4) is 0 Å². The Labute approximate surface area is 71.6 Å². The molecule has 1 N–H and O–H groups in total. The van der Waals surface area contributed by atoms with Crippen LogP contribution in [0.5, 0.6) is 0 Å². The molecule has 0 bridgehead atoms. The molecule has 3 nitrogen and oxygen atoms in total. The molecular weight excluding hydrogens is 154 g/mol. The Bertz CT molecular complexity index is 276. The number of carbonyl (C=O) groups is 1. The van der Waals surface area contributed by atoms with Crippen molar-refractivity contribution in [1.29, 1.82) is 0 Å². The van der Waals surface area contributed by atoms with Gasteiger partial charge in [0.15, 0.2) is 0 Å². The van der Waals surface area contributed by atoms with Crippen molar-refractivity contribution in [3.8, 4) is 0 Å². The second-order valence-electron chi connectivity index (χ2n) is 3.17. The minimum Gasteiger partial charge on any atom is -0.480 e. The first kappa shape index (κ1) is 8.84. The Kier molecular flexibility index (Phi) is 2.53. The van der Waals surface area contributed by atoms with E-state index in [1.54, 1.807) is 10.8 Å². The van der Waals surface area contributed by atoms with Crippen molar-refractivity contribution < 1.29 is 9.90 Å². The zero-order chi connectivity index (χ0) is 9.14. The van der Waals surface area contributed by atoms with Crippen molar-refractivity contribution in [1.82, 2.24) is 4.57 Å². The SMILES string of the molecule is CC(C)c1ccn(CC(=O)O)c1. The Morgan fingerprint density at radius 3 is 2.75 bits per heavy atom. The molecule has 1 heterocycles. The molecule has 0 saturated carbocycles. The van der Waals surface area contributed by atoms with E-state index in [4.69, 9.17) is 5.11 Å². The van der Waals surface area contributed by atoms with E-state index in [2.05, 4.69) is 13.8 Å². The predicted molar refractivity (Wildman–Crippen MR) is 46.2 cm³/mol. The summed E-state index contributed by atoms with van der Waals surface area (Å²) in [5.41, 5.74) is 1.18. The molecule has 0 fully saturated rings. The van der Waals surface area contributed by atoms with Gasteiger partial charge >= 0.3 is 5.97 Å². The molecule has 0 aliphatic rings. The van der Waals surface area contributed by atoms with Gasteiger partial charge in [0, 0.05) is 12.4 Å². The van der Waals surface area contributed by atoms with Gasteiger partial charge in [0.1, 0.15) is 6.54 Å². The minimum atomic E-state index is -0.805. The third-order valence-corrected chi connectivity index (χ3v) is 1.76. The van der Waals surface area contributed by atoms with E-state index in [0.717, 1.165) is 0 Å². The lowest BCUT2D eigenvalue weighted by Crippen LogP contribution is -2.06. The van der Waals surface area contributed by atoms with E-state index in [-0.39, 0.29) is 6.54 Å². The zero-order valence-electron chi connectivity index (χ0n) is 7.32. The number of aromatic nitrogens is 1. The molecule has 3 heteroatoms. The number of hydrogen-bond donors (Lipinski definition) is 1. The van der Waals surface area contributed by atoms with E-state index in [0.29, 0.717) is 5.92 Å². The van der Waals surface area contributed by atoms with Gasteiger partial charge in [0.2, 0.25) is 0 Å². The van der Waals surface area contributed by atoms with Crippen LogP contribution in [0.1, 0.15) is 25.3 Å². The number of carboxylic acids is 1. The molecule has 1 aromatic heterocycles. The molecule has 0 amide bonds. The highest BCUT2D eigenvalue weighted by Gasteiger charge is 2.03. The highest BCUT2D eigenvalue weighted by molar-refractivity contribution is 5.66. The Balaban J connectivity index is 2.70. The molecule has 0 aliphatic carbocycles. The van der Waals surface area contributed by atoms with Gasteiger partial charge < -0.3 is 9.67 Å². The molecule has 0 aliphatic heterocycles. The molecule has 0 spiro atoms. The summed E-state index contributed by atoms with van der Waals surface area (Å²) in [4.78, 5) is 10.3.